The van der Waals surface area contributed by atoms with Gasteiger partial charge >= 0.3 is 0 Å². The molecule has 0 atom stereocenters. The van der Waals surface area contributed by atoms with Gasteiger partial charge in [0, 0.05) is 38.3 Å². The summed E-state index contributed by atoms with van der Waals surface area (Å²) in [6.07, 6.45) is 0.592. The molecule has 2 heterocycles. The number of hydrogen-bond donors (Lipinski definition) is 0. The molecule has 4 rings (SSSR count). The summed E-state index contributed by atoms with van der Waals surface area (Å²) in [4.78, 5) is 42.9. The van der Waals surface area contributed by atoms with Crippen LogP contribution in [0.1, 0.15) is 41.0 Å². The Labute approximate surface area is 170 Å². The highest BCUT2D eigenvalue weighted by Crippen LogP contribution is 2.30. The maximum atomic E-state index is 12.6. The van der Waals surface area contributed by atoms with Crippen molar-refractivity contribution in [2.24, 2.45) is 5.92 Å². The van der Waals surface area contributed by atoms with Crippen molar-refractivity contribution >= 4 is 29.1 Å². The normalized spacial score (nSPS) is 16.6. The standard InChI is InChI=1S/C23H25N3O3/c1-16(2)15-21(27)25-13-11-24(12-14-25)17-7-9-18(10-8-17)26-22(28)19-5-3-4-6-20(19)23(26)29/h3-10,16H,11-15H2,1-2H3. The monoisotopic (exact) mass is 391 g/mol. The highest BCUT2D eigenvalue weighted by molar-refractivity contribution is 6.34. The Kier molecular flexibility index (Phi) is 5.09. The van der Waals surface area contributed by atoms with Crippen molar-refractivity contribution in [1.29, 1.82) is 0 Å². The fraction of sp³-hybridized carbons (Fsp3) is 0.348. The van der Waals surface area contributed by atoms with Gasteiger partial charge in [0.15, 0.2) is 0 Å². The van der Waals surface area contributed by atoms with Crippen LogP contribution in [0, 0.1) is 5.92 Å². The number of fused-ring (bicyclic) bond motifs is 1. The van der Waals surface area contributed by atoms with Gasteiger partial charge in [-0.1, -0.05) is 26.0 Å². The van der Waals surface area contributed by atoms with E-state index in [0.29, 0.717) is 42.2 Å². The van der Waals surface area contributed by atoms with Gasteiger partial charge in [0.2, 0.25) is 5.91 Å². The first-order valence-electron chi connectivity index (χ1n) is 10.1. The summed E-state index contributed by atoms with van der Waals surface area (Å²) in [6.45, 7) is 7.10. The third kappa shape index (κ3) is 3.62. The number of benzene rings is 2. The molecule has 0 aliphatic carbocycles. The number of rotatable bonds is 4. The SMILES string of the molecule is CC(C)CC(=O)N1CCN(c2ccc(N3C(=O)c4ccccc4C3=O)cc2)CC1. The minimum Gasteiger partial charge on any atom is -0.368 e. The fourth-order valence-electron chi connectivity index (χ4n) is 3.93. The van der Waals surface area contributed by atoms with Crippen molar-refractivity contribution in [3.63, 3.8) is 0 Å². The molecule has 0 bridgehead atoms. The summed E-state index contributed by atoms with van der Waals surface area (Å²) >= 11 is 0. The van der Waals surface area contributed by atoms with Crippen LogP contribution in [-0.2, 0) is 4.79 Å². The number of imide groups is 1. The van der Waals surface area contributed by atoms with E-state index in [9.17, 15) is 14.4 Å². The topological polar surface area (TPSA) is 60.9 Å². The van der Waals surface area contributed by atoms with E-state index in [2.05, 4.69) is 18.7 Å². The Morgan fingerprint density at radius 1 is 0.828 bits per heavy atom. The summed E-state index contributed by atoms with van der Waals surface area (Å²) < 4.78 is 0. The Morgan fingerprint density at radius 2 is 1.34 bits per heavy atom. The molecule has 6 heteroatoms. The van der Waals surface area contributed by atoms with Crippen LogP contribution in [0.15, 0.2) is 48.5 Å². The first kappa shape index (κ1) is 19.2. The summed E-state index contributed by atoms with van der Waals surface area (Å²) in [5.74, 6) is 0.0297. The molecular weight excluding hydrogens is 366 g/mol. The van der Waals surface area contributed by atoms with Gasteiger partial charge in [0.05, 0.1) is 16.8 Å². The molecule has 1 fully saturated rings. The zero-order valence-corrected chi connectivity index (χ0v) is 16.8. The number of carbonyl (C=O) groups is 3. The molecule has 0 aromatic heterocycles. The van der Waals surface area contributed by atoms with Crippen molar-refractivity contribution in [3.05, 3.63) is 59.7 Å². The van der Waals surface area contributed by atoms with Crippen LogP contribution in [0.25, 0.3) is 0 Å². The number of nitrogens with zero attached hydrogens (tertiary/aromatic N) is 3. The van der Waals surface area contributed by atoms with Crippen LogP contribution in [-0.4, -0.2) is 48.8 Å². The van der Waals surface area contributed by atoms with E-state index in [1.165, 1.54) is 4.90 Å². The second kappa shape index (κ2) is 7.70. The molecule has 2 aliphatic rings. The fourth-order valence-corrected chi connectivity index (χ4v) is 3.93. The van der Waals surface area contributed by atoms with E-state index in [-0.39, 0.29) is 17.7 Å². The van der Waals surface area contributed by atoms with E-state index in [1.807, 2.05) is 29.2 Å². The number of hydrogen-bond acceptors (Lipinski definition) is 4. The molecule has 6 nitrogen and oxygen atoms in total. The highest BCUT2D eigenvalue weighted by Gasteiger charge is 2.36. The van der Waals surface area contributed by atoms with Gasteiger partial charge in [-0.05, 0) is 42.3 Å². The Bertz CT molecular complexity index is 909. The lowest BCUT2D eigenvalue weighted by Gasteiger charge is -2.36. The van der Waals surface area contributed by atoms with Crippen LogP contribution in [0.5, 0.6) is 0 Å². The maximum Gasteiger partial charge on any atom is 0.266 e. The lowest BCUT2D eigenvalue weighted by Crippen LogP contribution is -2.49. The zero-order valence-electron chi connectivity index (χ0n) is 16.8. The van der Waals surface area contributed by atoms with Gasteiger partial charge < -0.3 is 9.80 Å². The van der Waals surface area contributed by atoms with Gasteiger partial charge in [0.25, 0.3) is 11.8 Å². The van der Waals surface area contributed by atoms with Gasteiger partial charge in [0.1, 0.15) is 0 Å². The Morgan fingerprint density at radius 3 is 1.86 bits per heavy atom. The molecule has 0 radical (unpaired) electrons. The van der Waals surface area contributed by atoms with Crippen LogP contribution < -0.4 is 9.80 Å². The molecule has 150 valence electrons. The molecule has 3 amide bonds. The molecule has 0 N–H and O–H groups in total. The summed E-state index contributed by atoms with van der Waals surface area (Å²) in [5, 5.41) is 0. The van der Waals surface area contributed by atoms with Gasteiger partial charge in [-0.3, -0.25) is 14.4 Å². The van der Waals surface area contributed by atoms with E-state index in [1.54, 1.807) is 24.3 Å². The number of piperazine rings is 1. The van der Waals surface area contributed by atoms with Crippen LogP contribution in [0.4, 0.5) is 11.4 Å². The molecule has 0 spiro atoms. The molecule has 1 saturated heterocycles. The molecule has 2 aromatic rings. The molecule has 0 unspecified atom stereocenters. The summed E-state index contributed by atoms with van der Waals surface area (Å²) in [7, 11) is 0. The van der Waals surface area contributed by atoms with E-state index in [0.717, 1.165) is 18.8 Å². The lowest BCUT2D eigenvalue weighted by atomic mass is 10.1. The maximum absolute atomic E-state index is 12.6. The second-order valence-electron chi connectivity index (χ2n) is 7.97. The average Bonchev–Trinajstić information content (AvgIpc) is 2.98. The van der Waals surface area contributed by atoms with Crippen molar-refractivity contribution in [2.75, 3.05) is 36.0 Å². The van der Waals surface area contributed by atoms with Crippen LogP contribution in [0.2, 0.25) is 0 Å². The van der Waals surface area contributed by atoms with Crippen molar-refractivity contribution in [1.82, 2.24) is 4.90 Å². The second-order valence-corrected chi connectivity index (χ2v) is 7.97. The predicted octanol–water partition coefficient (Wildman–Crippen LogP) is 3.18. The molecule has 29 heavy (non-hydrogen) atoms. The third-order valence-electron chi connectivity index (χ3n) is 5.48. The van der Waals surface area contributed by atoms with E-state index in [4.69, 9.17) is 0 Å². The average molecular weight is 391 g/mol. The summed E-state index contributed by atoms with van der Waals surface area (Å²) in [5.41, 5.74) is 2.50. The Hall–Kier alpha value is -3.15. The third-order valence-corrected chi connectivity index (χ3v) is 5.48. The molecule has 2 aromatic carbocycles. The van der Waals surface area contributed by atoms with Gasteiger partial charge in [-0.15, -0.1) is 0 Å². The molecule has 0 saturated carbocycles. The largest absolute Gasteiger partial charge is 0.368 e. The molecule has 2 aliphatic heterocycles. The van der Waals surface area contributed by atoms with Crippen molar-refractivity contribution in [3.8, 4) is 0 Å². The highest BCUT2D eigenvalue weighted by atomic mass is 16.2. The minimum atomic E-state index is -0.282. The summed E-state index contributed by atoms with van der Waals surface area (Å²) in [6, 6.07) is 14.4. The van der Waals surface area contributed by atoms with Crippen molar-refractivity contribution < 1.29 is 14.4 Å². The first-order valence-corrected chi connectivity index (χ1v) is 10.1. The lowest BCUT2D eigenvalue weighted by molar-refractivity contribution is -0.132. The van der Waals surface area contributed by atoms with Crippen LogP contribution >= 0.6 is 0 Å². The smallest absolute Gasteiger partial charge is 0.266 e. The molecular formula is C23H25N3O3. The zero-order chi connectivity index (χ0) is 20.5. The van der Waals surface area contributed by atoms with Crippen molar-refractivity contribution in [2.45, 2.75) is 20.3 Å². The number of carbonyl (C=O) groups excluding carboxylic acids is 3. The predicted molar refractivity (Wildman–Crippen MR) is 112 cm³/mol. The number of amides is 3. The van der Waals surface area contributed by atoms with Gasteiger partial charge in [-0.2, -0.15) is 0 Å². The number of anilines is 2. The Balaban J connectivity index is 1.43. The van der Waals surface area contributed by atoms with Crippen LogP contribution in [0.3, 0.4) is 0 Å². The van der Waals surface area contributed by atoms with E-state index >= 15 is 0 Å². The van der Waals surface area contributed by atoms with Gasteiger partial charge in [-0.25, -0.2) is 4.90 Å². The minimum absolute atomic E-state index is 0.223. The van der Waals surface area contributed by atoms with E-state index < -0.39 is 0 Å². The quantitative estimate of drug-likeness (QED) is 0.751. The first-order chi connectivity index (χ1) is 14.0.